The third kappa shape index (κ3) is 3.62. The molecule has 1 aromatic carbocycles. The quantitative estimate of drug-likeness (QED) is 0.403. The molecule has 2 aliphatic rings. The molecule has 0 bridgehead atoms. The van der Waals surface area contributed by atoms with Crippen molar-refractivity contribution in [3.63, 3.8) is 0 Å². The zero-order valence-electron chi connectivity index (χ0n) is 18.5. The van der Waals surface area contributed by atoms with Gasteiger partial charge in [-0.1, -0.05) is 12.1 Å². The standard InChI is InChI=1S/C25H21F2N5O3/c26-23(27)14-5-7-32-19(12-29-21(32)9-14)16-2-3-18(22-17(16)11-30-24(22)33)31-20-4-1-15(10-28-20)25(34)6-8-35-13-25/h1-5,7,9-10,12,23,34H,6,8,11,13H2,(H,28,31)(H,30,33)/t25-/m0/s1. The highest BCUT2D eigenvalue weighted by Crippen LogP contribution is 2.36. The lowest BCUT2D eigenvalue weighted by Crippen LogP contribution is -2.25. The number of carbonyl (C=O) groups excluding carboxylic acids is 1. The van der Waals surface area contributed by atoms with Crippen LogP contribution in [-0.2, 0) is 16.9 Å². The minimum Gasteiger partial charge on any atom is -0.383 e. The van der Waals surface area contributed by atoms with E-state index >= 15 is 0 Å². The van der Waals surface area contributed by atoms with Crippen LogP contribution in [-0.4, -0.2) is 38.6 Å². The smallest absolute Gasteiger partial charge is 0.264 e. The summed E-state index contributed by atoms with van der Waals surface area (Å²) in [5, 5.41) is 16.7. The molecule has 1 saturated heterocycles. The molecule has 0 aliphatic carbocycles. The Morgan fingerprint density at radius 3 is 2.80 bits per heavy atom. The number of anilines is 2. The van der Waals surface area contributed by atoms with E-state index in [1.807, 2.05) is 6.07 Å². The number of rotatable bonds is 5. The second kappa shape index (κ2) is 8.10. The van der Waals surface area contributed by atoms with Crippen molar-refractivity contribution in [2.45, 2.75) is 25.0 Å². The van der Waals surface area contributed by atoms with Gasteiger partial charge in [0.05, 0.1) is 29.7 Å². The van der Waals surface area contributed by atoms with Crippen LogP contribution in [0, 0.1) is 0 Å². The molecular weight excluding hydrogens is 456 g/mol. The Balaban J connectivity index is 1.35. The first-order valence-electron chi connectivity index (χ1n) is 11.2. The van der Waals surface area contributed by atoms with E-state index in [0.29, 0.717) is 53.5 Å². The Labute approximate surface area is 198 Å². The van der Waals surface area contributed by atoms with E-state index in [4.69, 9.17) is 4.74 Å². The normalized spacial score (nSPS) is 19.4. The van der Waals surface area contributed by atoms with E-state index in [1.54, 1.807) is 41.2 Å². The Morgan fingerprint density at radius 1 is 1.17 bits per heavy atom. The lowest BCUT2D eigenvalue weighted by Gasteiger charge is -2.20. The van der Waals surface area contributed by atoms with Crippen molar-refractivity contribution >= 4 is 23.1 Å². The van der Waals surface area contributed by atoms with E-state index in [1.165, 1.54) is 12.1 Å². The first-order chi connectivity index (χ1) is 16.9. The molecule has 0 radical (unpaired) electrons. The summed E-state index contributed by atoms with van der Waals surface area (Å²) in [6.45, 7) is 1.08. The number of nitrogens with one attached hydrogen (secondary N) is 2. The van der Waals surface area contributed by atoms with Gasteiger partial charge in [-0.05, 0) is 29.8 Å². The van der Waals surface area contributed by atoms with E-state index in [9.17, 15) is 18.7 Å². The van der Waals surface area contributed by atoms with Gasteiger partial charge in [-0.2, -0.15) is 0 Å². The van der Waals surface area contributed by atoms with Gasteiger partial charge in [0.1, 0.15) is 17.1 Å². The van der Waals surface area contributed by atoms with Crippen LogP contribution >= 0.6 is 0 Å². The van der Waals surface area contributed by atoms with Crippen LogP contribution in [0.5, 0.6) is 0 Å². The second-order valence-electron chi connectivity index (χ2n) is 8.72. The summed E-state index contributed by atoms with van der Waals surface area (Å²) in [6.07, 6.45) is 2.74. The number of hydrogen-bond acceptors (Lipinski definition) is 6. The molecular formula is C25H21F2N5O3. The summed E-state index contributed by atoms with van der Waals surface area (Å²) in [6, 6.07) is 9.94. The van der Waals surface area contributed by atoms with Crippen LogP contribution in [0.2, 0.25) is 0 Å². The van der Waals surface area contributed by atoms with Crippen LogP contribution in [0.25, 0.3) is 16.9 Å². The van der Waals surface area contributed by atoms with Gasteiger partial charge < -0.3 is 20.5 Å². The predicted molar refractivity (Wildman–Crippen MR) is 124 cm³/mol. The van der Waals surface area contributed by atoms with Crippen LogP contribution in [0.15, 0.2) is 55.0 Å². The SMILES string of the molecule is O=C1NCc2c(-c3cnc4cc(C(F)F)ccn34)ccc(Nc3ccc([C@]4(O)CCOC4)cn3)c21. The number of alkyl halides is 2. The number of pyridine rings is 2. The number of amides is 1. The second-order valence-corrected chi connectivity index (χ2v) is 8.72. The largest absolute Gasteiger partial charge is 0.383 e. The monoisotopic (exact) mass is 477 g/mol. The van der Waals surface area contributed by atoms with Gasteiger partial charge in [-0.25, -0.2) is 18.7 Å². The van der Waals surface area contributed by atoms with E-state index < -0.39 is 12.0 Å². The van der Waals surface area contributed by atoms with Gasteiger partial charge in [0.2, 0.25) is 0 Å². The predicted octanol–water partition coefficient (Wildman–Crippen LogP) is 3.93. The van der Waals surface area contributed by atoms with Crippen LogP contribution in [0.4, 0.5) is 20.3 Å². The molecule has 4 aromatic rings. The van der Waals surface area contributed by atoms with E-state index in [0.717, 1.165) is 11.1 Å². The molecule has 3 aromatic heterocycles. The summed E-state index contributed by atoms with van der Waals surface area (Å²) in [4.78, 5) is 21.4. The highest BCUT2D eigenvalue weighted by atomic mass is 19.3. The zero-order chi connectivity index (χ0) is 24.2. The first kappa shape index (κ1) is 21.6. The summed E-state index contributed by atoms with van der Waals surface area (Å²) in [5.74, 6) is 0.312. The van der Waals surface area contributed by atoms with Gasteiger partial charge in [-0.15, -0.1) is 0 Å². The molecule has 6 rings (SSSR count). The molecule has 1 atom stereocenters. The summed E-state index contributed by atoms with van der Waals surface area (Å²) in [5.41, 5.74) is 3.33. The van der Waals surface area contributed by atoms with Gasteiger partial charge >= 0.3 is 0 Å². The molecule has 1 fully saturated rings. The number of aromatic nitrogens is 3. The molecule has 2 aliphatic heterocycles. The van der Waals surface area contributed by atoms with Crippen molar-refractivity contribution in [1.29, 1.82) is 0 Å². The molecule has 178 valence electrons. The maximum absolute atomic E-state index is 13.1. The molecule has 0 unspecified atom stereocenters. The Hall–Kier alpha value is -3.89. The first-order valence-corrected chi connectivity index (χ1v) is 11.2. The molecule has 3 N–H and O–H groups in total. The fraction of sp³-hybridized carbons (Fsp3) is 0.240. The molecule has 8 nitrogen and oxygen atoms in total. The van der Waals surface area contributed by atoms with Gasteiger partial charge in [-0.3, -0.25) is 9.20 Å². The van der Waals surface area contributed by atoms with Crippen molar-refractivity contribution in [2.75, 3.05) is 18.5 Å². The number of aliphatic hydroxyl groups is 1. The number of carbonyl (C=O) groups is 1. The summed E-state index contributed by atoms with van der Waals surface area (Å²) >= 11 is 0. The number of ether oxygens (including phenoxy) is 1. The average Bonchev–Trinajstić information content (AvgIpc) is 3.59. The summed E-state index contributed by atoms with van der Waals surface area (Å²) in [7, 11) is 0. The average molecular weight is 477 g/mol. The zero-order valence-corrected chi connectivity index (χ0v) is 18.5. The van der Waals surface area contributed by atoms with Gasteiger partial charge in [0, 0.05) is 48.7 Å². The Bertz CT molecular complexity index is 1450. The molecule has 35 heavy (non-hydrogen) atoms. The fourth-order valence-corrected chi connectivity index (χ4v) is 4.69. The number of imidazole rings is 1. The van der Waals surface area contributed by atoms with Crippen molar-refractivity contribution in [3.8, 4) is 11.3 Å². The maximum Gasteiger partial charge on any atom is 0.264 e. The lowest BCUT2D eigenvalue weighted by atomic mass is 9.95. The Kier molecular flexibility index (Phi) is 5.01. The Morgan fingerprint density at radius 2 is 2.06 bits per heavy atom. The van der Waals surface area contributed by atoms with Gasteiger partial charge in [0.15, 0.2) is 0 Å². The van der Waals surface area contributed by atoms with E-state index in [-0.39, 0.29) is 18.1 Å². The van der Waals surface area contributed by atoms with E-state index in [2.05, 4.69) is 20.6 Å². The maximum atomic E-state index is 13.1. The van der Waals surface area contributed by atoms with Crippen LogP contribution < -0.4 is 10.6 Å². The third-order valence-corrected chi connectivity index (χ3v) is 6.60. The van der Waals surface area contributed by atoms with Crippen LogP contribution in [0.3, 0.4) is 0 Å². The van der Waals surface area contributed by atoms with Crippen molar-refractivity contribution < 1.29 is 23.4 Å². The minimum atomic E-state index is -2.58. The molecule has 0 spiro atoms. The number of halogens is 2. The minimum absolute atomic E-state index is 0.0950. The number of fused-ring (bicyclic) bond motifs is 2. The number of nitrogens with zero attached hydrogens (tertiary/aromatic N) is 3. The van der Waals surface area contributed by atoms with Crippen molar-refractivity contribution in [1.82, 2.24) is 19.7 Å². The molecule has 0 saturated carbocycles. The summed E-state index contributed by atoms with van der Waals surface area (Å²) < 4.78 is 33.2. The number of hydrogen-bond donors (Lipinski definition) is 3. The molecule has 10 heteroatoms. The molecule has 5 heterocycles. The lowest BCUT2D eigenvalue weighted by molar-refractivity contribution is 0.0229. The highest BCUT2D eigenvalue weighted by Gasteiger charge is 2.34. The molecule has 1 amide bonds. The van der Waals surface area contributed by atoms with Crippen molar-refractivity contribution in [3.05, 3.63) is 77.2 Å². The van der Waals surface area contributed by atoms with Crippen molar-refractivity contribution in [2.24, 2.45) is 0 Å². The number of benzene rings is 1. The van der Waals surface area contributed by atoms with Crippen LogP contribution in [0.1, 0.15) is 39.9 Å². The van der Waals surface area contributed by atoms with Gasteiger partial charge in [0.25, 0.3) is 12.3 Å². The topological polar surface area (TPSA) is 101 Å². The third-order valence-electron chi connectivity index (χ3n) is 6.60. The fourth-order valence-electron chi connectivity index (χ4n) is 4.69. The highest BCUT2D eigenvalue weighted by molar-refractivity contribution is 6.06.